The molecule has 0 spiro atoms. The Balaban J connectivity index is 2.68. The van der Waals surface area contributed by atoms with Gasteiger partial charge in [-0.15, -0.1) is 0 Å². The van der Waals surface area contributed by atoms with Gasteiger partial charge in [0.2, 0.25) is 0 Å². The first-order chi connectivity index (χ1) is 9.28. The summed E-state index contributed by atoms with van der Waals surface area (Å²) in [5.74, 6) is 1.03. The first-order valence-corrected chi connectivity index (χ1v) is 7.98. The molecule has 4 nitrogen and oxygen atoms in total. The van der Waals surface area contributed by atoms with E-state index in [1.165, 1.54) is 0 Å². The van der Waals surface area contributed by atoms with Gasteiger partial charge in [0.05, 0.1) is 6.61 Å². The van der Waals surface area contributed by atoms with Crippen molar-refractivity contribution >= 4 is 5.97 Å². The summed E-state index contributed by atoms with van der Waals surface area (Å²) in [7, 11) is 0. The van der Waals surface area contributed by atoms with E-state index in [0.717, 1.165) is 32.4 Å². The monoisotopic (exact) mass is 284 g/mol. The number of carbonyl (C=O) groups is 1. The van der Waals surface area contributed by atoms with Crippen LogP contribution in [0.25, 0.3) is 0 Å². The van der Waals surface area contributed by atoms with E-state index in [9.17, 15) is 4.79 Å². The third-order valence-electron chi connectivity index (χ3n) is 3.92. The number of hydrogen-bond donors (Lipinski definition) is 1. The maximum absolute atomic E-state index is 12.0. The van der Waals surface area contributed by atoms with E-state index in [2.05, 4.69) is 32.6 Å². The fourth-order valence-electron chi connectivity index (χ4n) is 3.13. The van der Waals surface area contributed by atoms with Crippen LogP contribution in [0.3, 0.4) is 0 Å². The van der Waals surface area contributed by atoms with Crippen molar-refractivity contribution in [2.45, 2.75) is 65.5 Å². The summed E-state index contributed by atoms with van der Waals surface area (Å²) in [5.41, 5.74) is 5.51. The molecule has 0 aromatic heterocycles. The number of carbonyl (C=O) groups excluding carboxylic acids is 1. The normalized spacial score (nSPS) is 26.8. The van der Waals surface area contributed by atoms with Crippen LogP contribution in [0.5, 0.6) is 0 Å². The number of hydrogen-bond acceptors (Lipinski definition) is 4. The van der Waals surface area contributed by atoms with Crippen molar-refractivity contribution in [3.05, 3.63) is 0 Å². The number of nitrogens with two attached hydrogens (primary N) is 1. The Hall–Kier alpha value is -0.610. The zero-order valence-electron chi connectivity index (χ0n) is 13.8. The van der Waals surface area contributed by atoms with Crippen molar-refractivity contribution < 1.29 is 9.53 Å². The van der Waals surface area contributed by atoms with Gasteiger partial charge in [-0.05, 0) is 38.0 Å². The van der Waals surface area contributed by atoms with Crippen LogP contribution in [0.4, 0.5) is 0 Å². The van der Waals surface area contributed by atoms with Gasteiger partial charge in [0, 0.05) is 19.1 Å². The summed E-state index contributed by atoms with van der Waals surface area (Å²) in [6, 6.07) is 0.411. The van der Waals surface area contributed by atoms with Crippen LogP contribution >= 0.6 is 0 Å². The molecule has 0 aromatic carbocycles. The van der Waals surface area contributed by atoms with E-state index < -0.39 is 5.54 Å². The van der Waals surface area contributed by atoms with E-state index in [0.29, 0.717) is 24.5 Å². The number of nitrogens with zero attached hydrogens (tertiary/aromatic N) is 1. The minimum Gasteiger partial charge on any atom is -0.465 e. The van der Waals surface area contributed by atoms with Gasteiger partial charge >= 0.3 is 5.97 Å². The Morgan fingerprint density at radius 2 is 1.85 bits per heavy atom. The number of esters is 1. The topological polar surface area (TPSA) is 55.6 Å². The molecule has 0 aliphatic heterocycles. The highest BCUT2D eigenvalue weighted by Crippen LogP contribution is 2.33. The summed E-state index contributed by atoms with van der Waals surface area (Å²) in [5, 5.41) is 0. The Bertz CT molecular complexity index is 308. The van der Waals surface area contributed by atoms with E-state index in [4.69, 9.17) is 10.5 Å². The minimum absolute atomic E-state index is 0.225. The fraction of sp³-hybridized carbons (Fsp3) is 0.938. The molecule has 1 aliphatic rings. The second-order valence-electron chi connectivity index (χ2n) is 7.01. The van der Waals surface area contributed by atoms with Crippen LogP contribution in [-0.4, -0.2) is 42.1 Å². The van der Waals surface area contributed by atoms with Crippen LogP contribution in [0, 0.1) is 11.8 Å². The molecular weight excluding hydrogens is 252 g/mol. The maximum Gasteiger partial charge on any atom is 0.326 e. The molecule has 20 heavy (non-hydrogen) atoms. The molecular formula is C16H32N2O2. The van der Waals surface area contributed by atoms with Gasteiger partial charge in [0.15, 0.2) is 0 Å². The van der Waals surface area contributed by atoms with Crippen LogP contribution in [-0.2, 0) is 9.53 Å². The molecule has 1 fully saturated rings. The summed E-state index contributed by atoms with van der Waals surface area (Å²) in [4.78, 5) is 14.5. The molecule has 0 amide bonds. The molecule has 1 aliphatic carbocycles. The molecule has 2 unspecified atom stereocenters. The van der Waals surface area contributed by atoms with Crippen molar-refractivity contribution in [1.82, 2.24) is 4.90 Å². The fourth-order valence-corrected chi connectivity index (χ4v) is 3.13. The van der Waals surface area contributed by atoms with Gasteiger partial charge in [-0.3, -0.25) is 9.69 Å². The van der Waals surface area contributed by atoms with Gasteiger partial charge < -0.3 is 10.5 Å². The predicted molar refractivity (Wildman–Crippen MR) is 82.4 cm³/mol. The first-order valence-electron chi connectivity index (χ1n) is 7.98. The molecule has 4 heteroatoms. The third-order valence-corrected chi connectivity index (χ3v) is 3.92. The molecule has 2 atom stereocenters. The molecule has 0 bridgehead atoms. The lowest BCUT2D eigenvalue weighted by Gasteiger charge is -2.33. The molecule has 0 aromatic rings. The lowest BCUT2D eigenvalue weighted by molar-refractivity contribution is -0.149. The highest BCUT2D eigenvalue weighted by atomic mass is 16.5. The van der Waals surface area contributed by atoms with Crippen molar-refractivity contribution in [3.8, 4) is 0 Å². The quantitative estimate of drug-likeness (QED) is 0.729. The zero-order valence-corrected chi connectivity index (χ0v) is 13.8. The van der Waals surface area contributed by atoms with E-state index in [1.807, 2.05) is 6.92 Å². The highest BCUT2D eigenvalue weighted by molar-refractivity contribution is 5.81. The molecule has 0 heterocycles. The molecule has 118 valence electrons. The molecule has 0 radical (unpaired) electrons. The Kier molecular flexibility index (Phi) is 6.46. The summed E-state index contributed by atoms with van der Waals surface area (Å²) >= 11 is 0. The Morgan fingerprint density at radius 3 is 2.30 bits per heavy atom. The van der Waals surface area contributed by atoms with Crippen LogP contribution in [0.15, 0.2) is 0 Å². The molecule has 1 saturated carbocycles. The van der Waals surface area contributed by atoms with E-state index in [-0.39, 0.29) is 5.97 Å². The molecule has 1 rings (SSSR count). The average molecular weight is 284 g/mol. The molecule has 0 saturated heterocycles. The largest absolute Gasteiger partial charge is 0.465 e. The molecule has 2 N–H and O–H groups in total. The standard InChI is InChI=1S/C16H32N2O2/c1-6-20-15(19)16(17)8-7-14(9-16)18(10-12(2)3)11-13(4)5/h12-14H,6-11,17H2,1-5H3. The van der Waals surface area contributed by atoms with Crippen LogP contribution in [0.1, 0.15) is 53.9 Å². The Morgan fingerprint density at radius 1 is 1.30 bits per heavy atom. The SMILES string of the molecule is CCOC(=O)C1(N)CCC(N(CC(C)C)CC(C)C)C1. The second-order valence-corrected chi connectivity index (χ2v) is 7.01. The maximum atomic E-state index is 12.0. The van der Waals surface area contributed by atoms with E-state index in [1.54, 1.807) is 0 Å². The van der Waals surface area contributed by atoms with Crippen molar-refractivity contribution in [2.24, 2.45) is 17.6 Å². The minimum atomic E-state index is -0.771. The summed E-state index contributed by atoms with van der Waals surface area (Å²) < 4.78 is 5.14. The van der Waals surface area contributed by atoms with Gasteiger partial charge in [0.25, 0.3) is 0 Å². The second kappa shape index (κ2) is 7.41. The highest BCUT2D eigenvalue weighted by Gasteiger charge is 2.44. The van der Waals surface area contributed by atoms with Gasteiger partial charge in [-0.1, -0.05) is 27.7 Å². The van der Waals surface area contributed by atoms with Gasteiger partial charge in [0.1, 0.15) is 5.54 Å². The Labute approximate surface area is 124 Å². The lowest BCUT2D eigenvalue weighted by Crippen LogP contribution is -2.49. The smallest absolute Gasteiger partial charge is 0.326 e. The first kappa shape index (κ1) is 17.4. The lowest BCUT2D eigenvalue weighted by atomic mass is 9.98. The van der Waals surface area contributed by atoms with Crippen molar-refractivity contribution in [3.63, 3.8) is 0 Å². The van der Waals surface area contributed by atoms with Gasteiger partial charge in [-0.2, -0.15) is 0 Å². The van der Waals surface area contributed by atoms with Gasteiger partial charge in [-0.25, -0.2) is 0 Å². The summed E-state index contributed by atoms with van der Waals surface area (Å²) in [6.45, 7) is 13.3. The number of rotatable bonds is 7. The van der Waals surface area contributed by atoms with Crippen LogP contribution < -0.4 is 5.73 Å². The zero-order chi connectivity index (χ0) is 15.3. The van der Waals surface area contributed by atoms with E-state index >= 15 is 0 Å². The van der Waals surface area contributed by atoms with Crippen molar-refractivity contribution in [1.29, 1.82) is 0 Å². The van der Waals surface area contributed by atoms with Crippen LogP contribution in [0.2, 0.25) is 0 Å². The van der Waals surface area contributed by atoms with Crippen molar-refractivity contribution in [2.75, 3.05) is 19.7 Å². The predicted octanol–water partition coefficient (Wildman–Crippen LogP) is 2.41. The number of ether oxygens (including phenoxy) is 1. The third kappa shape index (κ3) is 4.74. The summed E-state index contributed by atoms with van der Waals surface area (Å²) in [6.07, 6.45) is 2.46. The average Bonchev–Trinajstić information content (AvgIpc) is 2.71.